The fraction of sp³-hybridized carbons (Fsp3) is 0.444. The number of likely N-dealkylation sites (tertiary alicyclic amines) is 2. The lowest BCUT2D eigenvalue weighted by Crippen LogP contribution is -2.48. The van der Waals surface area contributed by atoms with Crippen LogP contribution in [0.3, 0.4) is 0 Å². The number of nitriles is 1. The van der Waals surface area contributed by atoms with Crippen LogP contribution < -0.4 is 5.32 Å². The van der Waals surface area contributed by atoms with Crippen molar-refractivity contribution in [2.24, 2.45) is 0 Å². The number of imide groups is 1. The summed E-state index contributed by atoms with van der Waals surface area (Å²) in [6.45, 7) is 3.14. The molecule has 2 fully saturated rings. The molecule has 0 saturated carbocycles. The number of nitrogens with zero attached hydrogens (tertiary/aromatic N) is 3. The molecule has 0 aliphatic carbocycles. The molecule has 0 aromatic heterocycles. The third-order valence-corrected chi connectivity index (χ3v) is 7.03. The van der Waals surface area contributed by atoms with Crippen LogP contribution in [0.15, 0.2) is 60.7 Å². The van der Waals surface area contributed by atoms with Crippen LogP contribution in [0.4, 0.5) is 4.79 Å². The zero-order valence-electron chi connectivity index (χ0n) is 19.5. The van der Waals surface area contributed by atoms with E-state index in [1.807, 2.05) is 48.5 Å². The van der Waals surface area contributed by atoms with E-state index in [0.717, 1.165) is 62.9 Å². The summed E-state index contributed by atoms with van der Waals surface area (Å²) in [5, 5.41) is 12.8. The first-order valence-electron chi connectivity index (χ1n) is 12.0. The van der Waals surface area contributed by atoms with Crippen molar-refractivity contribution >= 4 is 24.3 Å². The molecule has 0 bridgehead atoms. The second-order valence-corrected chi connectivity index (χ2v) is 9.07. The van der Waals surface area contributed by atoms with Crippen LogP contribution in [-0.4, -0.2) is 47.9 Å². The zero-order valence-corrected chi connectivity index (χ0v) is 20.3. The number of amides is 3. The van der Waals surface area contributed by atoms with Gasteiger partial charge < -0.3 is 10.2 Å². The molecule has 6 nitrogen and oxygen atoms in total. The number of carbonyl (C=O) groups is 2. The van der Waals surface area contributed by atoms with Crippen molar-refractivity contribution in [1.82, 2.24) is 15.1 Å². The molecular formula is C27H33ClN4O2. The van der Waals surface area contributed by atoms with Crippen molar-refractivity contribution < 1.29 is 9.59 Å². The predicted octanol–water partition coefficient (Wildman–Crippen LogP) is 4.82. The number of hydrogen-bond donors (Lipinski definition) is 1. The third kappa shape index (κ3) is 5.78. The number of carbonyl (C=O) groups excluding carboxylic acids is 2. The van der Waals surface area contributed by atoms with E-state index in [2.05, 4.69) is 28.4 Å². The minimum atomic E-state index is -0.396. The molecule has 0 spiro atoms. The highest BCUT2D eigenvalue weighted by Crippen LogP contribution is 2.35. The molecule has 2 saturated heterocycles. The Morgan fingerprint density at radius 3 is 2.35 bits per heavy atom. The first kappa shape index (κ1) is 25.7. The Morgan fingerprint density at radius 2 is 1.71 bits per heavy atom. The topological polar surface area (TPSA) is 76.4 Å². The van der Waals surface area contributed by atoms with Gasteiger partial charge in [0.25, 0.3) is 0 Å². The quantitative estimate of drug-likeness (QED) is 0.601. The normalized spacial score (nSPS) is 20.1. The molecule has 1 unspecified atom stereocenters. The van der Waals surface area contributed by atoms with Gasteiger partial charge in [-0.3, -0.25) is 9.69 Å². The fourth-order valence-electron chi connectivity index (χ4n) is 5.08. The van der Waals surface area contributed by atoms with Gasteiger partial charge in [0.05, 0.1) is 17.5 Å². The minimum absolute atomic E-state index is 0. The van der Waals surface area contributed by atoms with Crippen LogP contribution in [0.25, 0.3) is 0 Å². The minimum Gasteiger partial charge on any atom is -0.338 e. The maximum Gasteiger partial charge on any atom is 0.324 e. The molecule has 180 valence electrons. The van der Waals surface area contributed by atoms with Gasteiger partial charge in [-0.25, -0.2) is 4.79 Å². The largest absolute Gasteiger partial charge is 0.338 e. The highest BCUT2D eigenvalue weighted by Gasteiger charge is 2.36. The zero-order chi connectivity index (χ0) is 23.1. The number of piperidine rings is 2. The van der Waals surface area contributed by atoms with Gasteiger partial charge in [-0.2, -0.15) is 5.26 Å². The van der Waals surface area contributed by atoms with Crippen molar-refractivity contribution in [1.29, 1.82) is 5.26 Å². The first-order chi connectivity index (χ1) is 16.1. The van der Waals surface area contributed by atoms with E-state index in [1.165, 1.54) is 4.90 Å². The monoisotopic (exact) mass is 480 g/mol. The summed E-state index contributed by atoms with van der Waals surface area (Å²) in [6, 6.07) is 22.0. The van der Waals surface area contributed by atoms with E-state index in [0.29, 0.717) is 13.0 Å². The Bertz CT molecular complexity index is 985. The van der Waals surface area contributed by atoms with Gasteiger partial charge in [0.1, 0.15) is 0 Å². The number of benzene rings is 2. The van der Waals surface area contributed by atoms with Crippen LogP contribution in [0, 0.1) is 11.3 Å². The van der Waals surface area contributed by atoms with Crippen LogP contribution in [0.2, 0.25) is 0 Å². The van der Waals surface area contributed by atoms with Crippen LogP contribution in [0.1, 0.15) is 55.7 Å². The molecule has 2 aromatic carbocycles. The van der Waals surface area contributed by atoms with Crippen molar-refractivity contribution in [3.8, 4) is 6.07 Å². The Morgan fingerprint density at radius 1 is 1.06 bits per heavy atom. The molecule has 1 N–H and O–H groups in total. The van der Waals surface area contributed by atoms with Gasteiger partial charge in [-0.15, -0.1) is 12.4 Å². The van der Waals surface area contributed by atoms with Crippen molar-refractivity contribution in [3.05, 3.63) is 71.8 Å². The van der Waals surface area contributed by atoms with Gasteiger partial charge in [-0.05, 0) is 62.9 Å². The maximum atomic E-state index is 12.9. The van der Waals surface area contributed by atoms with E-state index in [1.54, 1.807) is 0 Å². The summed E-state index contributed by atoms with van der Waals surface area (Å²) < 4.78 is 0. The highest BCUT2D eigenvalue weighted by molar-refractivity contribution is 5.95. The molecule has 3 amide bonds. The number of nitrogens with one attached hydrogen (secondary N) is 1. The Balaban J connectivity index is 0.00000324. The average Bonchev–Trinajstić information content (AvgIpc) is 2.88. The molecule has 2 aliphatic heterocycles. The Kier molecular flexibility index (Phi) is 9.09. The molecule has 34 heavy (non-hydrogen) atoms. The summed E-state index contributed by atoms with van der Waals surface area (Å²) in [7, 11) is 0. The number of urea groups is 1. The molecule has 1 atom stereocenters. The second kappa shape index (κ2) is 12.0. The van der Waals surface area contributed by atoms with E-state index >= 15 is 0 Å². The van der Waals surface area contributed by atoms with Gasteiger partial charge in [0.15, 0.2) is 0 Å². The summed E-state index contributed by atoms with van der Waals surface area (Å²) in [5.41, 5.74) is 1.72. The summed E-state index contributed by atoms with van der Waals surface area (Å²) >= 11 is 0. The lowest BCUT2D eigenvalue weighted by atomic mass is 9.74. The predicted molar refractivity (Wildman–Crippen MR) is 135 cm³/mol. The number of hydrogen-bond acceptors (Lipinski definition) is 4. The SMILES string of the molecule is Cl.N#CC1(c2ccccc2)CCN(CCCNC(=O)N2C(=O)CCCC2c2ccccc2)CC1. The van der Waals surface area contributed by atoms with Gasteiger partial charge >= 0.3 is 6.03 Å². The molecule has 0 radical (unpaired) electrons. The summed E-state index contributed by atoms with van der Waals surface area (Å²) in [6.07, 6.45) is 4.49. The van der Waals surface area contributed by atoms with Crippen LogP contribution in [-0.2, 0) is 10.2 Å². The van der Waals surface area contributed by atoms with E-state index in [9.17, 15) is 14.9 Å². The van der Waals surface area contributed by atoms with Gasteiger partial charge in [-0.1, -0.05) is 60.7 Å². The molecule has 4 rings (SSSR count). The molecular weight excluding hydrogens is 448 g/mol. The third-order valence-electron chi connectivity index (χ3n) is 7.03. The summed E-state index contributed by atoms with van der Waals surface area (Å²) in [4.78, 5) is 29.2. The fourth-order valence-corrected chi connectivity index (χ4v) is 5.08. The number of halogens is 1. The smallest absolute Gasteiger partial charge is 0.324 e. The lowest BCUT2D eigenvalue weighted by Gasteiger charge is -2.37. The highest BCUT2D eigenvalue weighted by atomic mass is 35.5. The van der Waals surface area contributed by atoms with Gasteiger partial charge in [0.2, 0.25) is 5.91 Å². The first-order valence-corrected chi connectivity index (χ1v) is 12.0. The lowest BCUT2D eigenvalue weighted by molar-refractivity contribution is -0.132. The van der Waals surface area contributed by atoms with E-state index < -0.39 is 5.41 Å². The van der Waals surface area contributed by atoms with E-state index in [-0.39, 0.29) is 30.4 Å². The molecule has 2 heterocycles. The number of rotatable bonds is 6. The van der Waals surface area contributed by atoms with Crippen LogP contribution >= 0.6 is 12.4 Å². The Labute approximate surface area is 208 Å². The van der Waals surface area contributed by atoms with Crippen LogP contribution in [0.5, 0.6) is 0 Å². The molecule has 2 aromatic rings. The van der Waals surface area contributed by atoms with Crippen molar-refractivity contribution in [3.63, 3.8) is 0 Å². The standard InChI is InChI=1S/C27H32N4O2.ClH/c28-21-27(23-11-5-2-6-12-23)15-19-30(20-16-27)18-8-17-29-26(33)31-24(13-7-14-25(31)32)22-9-3-1-4-10-22;/h1-6,9-12,24H,7-8,13-20H2,(H,29,33);1H. The second-order valence-electron chi connectivity index (χ2n) is 9.07. The van der Waals surface area contributed by atoms with Crippen molar-refractivity contribution in [2.45, 2.75) is 50.0 Å². The van der Waals surface area contributed by atoms with E-state index in [4.69, 9.17) is 0 Å². The van der Waals surface area contributed by atoms with Crippen molar-refractivity contribution in [2.75, 3.05) is 26.2 Å². The molecule has 7 heteroatoms. The average molecular weight is 481 g/mol. The molecule has 2 aliphatic rings. The summed E-state index contributed by atoms with van der Waals surface area (Å²) in [5.74, 6) is -0.0996. The maximum absolute atomic E-state index is 12.9. The Hall–Kier alpha value is -2.88. The van der Waals surface area contributed by atoms with Gasteiger partial charge in [0, 0.05) is 13.0 Å².